The number of carbonyl (C=O) groups excluding carboxylic acids is 1. The van der Waals surface area contributed by atoms with Gasteiger partial charge in [-0.15, -0.1) is 12.4 Å². The third-order valence-electron chi connectivity index (χ3n) is 2.68. The van der Waals surface area contributed by atoms with Gasteiger partial charge >= 0.3 is 12.0 Å². The van der Waals surface area contributed by atoms with Crippen molar-refractivity contribution in [2.75, 3.05) is 13.7 Å². The molecule has 5 nitrogen and oxygen atoms in total. The summed E-state index contributed by atoms with van der Waals surface area (Å²) in [6.45, 7) is -0.996. The van der Waals surface area contributed by atoms with Crippen molar-refractivity contribution < 1.29 is 28.2 Å². The van der Waals surface area contributed by atoms with Crippen LogP contribution in [0.15, 0.2) is 16.6 Å². The normalized spacial score (nSPS) is 20.4. The van der Waals surface area contributed by atoms with Crippen LogP contribution in [0, 0.1) is 0 Å². The van der Waals surface area contributed by atoms with E-state index < -0.39 is 24.7 Å². The van der Waals surface area contributed by atoms with Crippen molar-refractivity contribution in [1.29, 1.82) is 0 Å². The molecule has 0 aromatic heterocycles. The van der Waals surface area contributed by atoms with Gasteiger partial charge in [-0.1, -0.05) is 0 Å². The first kappa shape index (κ1) is 16.8. The lowest BCUT2D eigenvalue weighted by atomic mass is 9.99. The Hall–Kier alpha value is -1.28. The molecule has 1 fully saturated rings. The number of amides is 1. The zero-order valence-corrected chi connectivity index (χ0v) is 12.6. The molecule has 1 aromatic carbocycles. The van der Waals surface area contributed by atoms with Crippen LogP contribution in [0.25, 0.3) is 0 Å². The van der Waals surface area contributed by atoms with E-state index in [0.717, 1.165) is 0 Å². The number of carbonyl (C=O) groups is 1. The maximum atomic E-state index is 13.7. The van der Waals surface area contributed by atoms with Gasteiger partial charge in [0.25, 0.3) is 0 Å². The Labute approximate surface area is 127 Å². The molecule has 0 radical (unpaired) electrons. The molecule has 2 rings (SSSR count). The van der Waals surface area contributed by atoms with Gasteiger partial charge in [0.15, 0.2) is 18.1 Å². The van der Waals surface area contributed by atoms with Crippen LogP contribution < -0.4 is 10.1 Å². The van der Waals surface area contributed by atoms with Gasteiger partial charge < -0.3 is 19.9 Å². The minimum atomic E-state index is -3.25. The van der Waals surface area contributed by atoms with Crippen LogP contribution in [0.3, 0.4) is 0 Å². The van der Waals surface area contributed by atoms with E-state index in [2.05, 4.69) is 26.0 Å². The summed E-state index contributed by atoms with van der Waals surface area (Å²) in [6.07, 6.45) is -0.918. The Morgan fingerprint density at radius 1 is 1.55 bits per heavy atom. The summed E-state index contributed by atoms with van der Waals surface area (Å²) in [7, 11) is 1.30. The van der Waals surface area contributed by atoms with Crippen LogP contribution in [-0.4, -0.2) is 30.8 Å². The molecule has 1 amide bonds. The predicted octanol–water partition coefficient (Wildman–Crippen LogP) is 3.00. The summed E-state index contributed by atoms with van der Waals surface area (Å²) in [6, 6.07) is 0.992. The molecule has 20 heavy (non-hydrogen) atoms. The second kappa shape index (κ2) is 6.01. The fourth-order valence-electron chi connectivity index (χ4n) is 1.75. The molecule has 0 spiro atoms. The lowest BCUT2D eigenvalue weighted by molar-refractivity contribution is -0.104. The molecule has 0 saturated carbocycles. The lowest BCUT2D eigenvalue weighted by Gasteiger charge is -2.32. The number of halogens is 4. The number of benzene rings is 1. The first-order chi connectivity index (χ1) is 8.85. The van der Waals surface area contributed by atoms with Crippen LogP contribution in [0.5, 0.6) is 11.5 Å². The number of methoxy groups -OCH3 is 1. The number of cyclic esters (lactones) is 1. The molecule has 1 saturated heterocycles. The smallest absolute Gasteiger partial charge is 0.408 e. The number of phenols is 1. The molecular weight excluding hydrogens is 363 g/mol. The molecule has 2 N–H and O–H groups in total. The third-order valence-corrected chi connectivity index (χ3v) is 3.29. The van der Waals surface area contributed by atoms with Crippen LogP contribution in [0.4, 0.5) is 13.6 Å². The monoisotopic (exact) mass is 373 g/mol. The van der Waals surface area contributed by atoms with Crippen molar-refractivity contribution >= 4 is 34.4 Å². The number of alkyl carbamates (subject to hydrolysis) is 1. The maximum absolute atomic E-state index is 13.7. The Bertz CT molecular complexity index is 529. The second-order valence-corrected chi connectivity index (χ2v) is 4.82. The van der Waals surface area contributed by atoms with Crippen molar-refractivity contribution in [3.05, 3.63) is 22.2 Å². The number of alkyl halides is 2. The summed E-state index contributed by atoms with van der Waals surface area (Å²) in [5.74, 6) is -3.43. The average molecular weight is 375 g/mol. The maximum Gasteiger partial charge on any atom is 0.408 e. The first-order valence-electron chi connectivity index (χ1n) is 5.22. The fourth-order valence-corrected chi connectivity index (χ4v) is 2.21. The van der Waals surface area contributed by atoms with Gasteiger partial charge in [-0.25, -0.2) is 13.6 Å². The largest absolute Gasteiger partial charge is 0.503 e. The van der Waals surface area contributed by atoms with E-state index in [4.69, 9.17) is 4.74 Å². The van der Waals surface area contributed by atoms with E-state index in [1.165, 1.54) is 19.2 Å². The number of hydrogen-bond acceptors (Lipinski definition) is 4. The minimum absolute atomic E-state index is 0. The van der Waals surface area contributed by atoms with Gasteiger partial charge in [0.2, 0.25) is 0 Å². The summed E-state index contributed by atoms with van der Waals surface area (Å²) in [4.78, 5) is 11.1. The third kappa shape index (κ3) is 3.06. The standard InChI is InChI=1S/C11H10BrF2NO4.ClH/c1-18-7-3-5(2-6(12)8(7)16)9-11(13,14)4-19-10(17)15-9;/h2-3,9,16H,4H2,1H3,(H,15,17);1H/t9-;/m0./s1. The first-order valence-corrected chi connectivity index (χ1v) is 6.02. The summed E-state index contributed by atoms with van der Waals surface area (Å²) < 4.78 is 36.8. The highest BCUT2D eigenvalue weighted by Gasteiger charge is 2.47. The molecular formula is C11H11BrClF2NO4. The van der Waals surface area contributed by atoms with Crippen LogP contribution >= 0.6 is 28.3 Å². The van der Waals surface area contributed by atoms with Gasteiger partial charge in [-0.3, -0.25) is 0 Å². The van der Waals surface area contributed by atoms with E-state index in [1.54, 1.807) is 0 Å². The Morgan fingerprint density at radius 3 is 2.80 bits per heavy atom. The number of hydrogen-bond donors (Lipinski definition) is 2. The molecule has 0 bridgehead atoms. The van der Waals surface area contributed by atoms with Crippen molar-refractivity contribution in [2.24, 2.45) is 0 Å². The van der Waals surface area contributed by atoms with Crippen LogP contribution in [0.2, 0.25) is 0 Å². The van der Waals surface area contributed by atoms with Crippen LogP contribution in [-0.2, 0) is 4.74 Å². The average Bonchev–Trinajstić information content (AvgIpc) is 2.35. The van der Waals surface area contributed by atoms with Crippen molar-refractivity contribution in [3.8, 4) is 11.5 Å². The molecule has 1 aromatic rings. The van der Waals surface area contributed by atoms with E-state index in [9.17, 15) is 18.7 Å². The molecule has 9 heteroatoms. The van der Waals surface area contributed by atoms with E-state index >= 15 is 0 Å². The van der Waals surface area contributed by atoms with Crippen molar-refractivity contribution in [1.82, 2.24) is 5.32 Å². The fraction of sp³-hybridized carbons (Fsp3) is 0.364. The molecule has 1 aliphatic heterocycles. The van der Waals surface area contributed by atoms with Crippen LogP contribution in [0.1, 0.15) is 11.6 Å². The highest BCUT2D eigenvalue weighted by Crippen LogP contribution is 2.41. The topological polar surface area (TPSA) is 67.8 Å². The summed E-state index contributed by atoms with van der Waals surface area (Å²) in [5, 5.41) is 11.7. The summed E-state index contributed by atoms with van der Waals surface area (Å²) >= 11 is 3.04. The molecule has 1 aliphatic rings. The number of nitrogens with one attached hydrogen (secondary N) is 1. The van der Waals surface area contributed by atoms with E-state index in [0.29, 0.717) is 0 Å². The molecule has 1 heterocycles. The van der Waals surface area contributed by atoms with Crippen molar-refractivity contribution in [3.63, 3.8) is 0 Å². The Balaban J connectivity index is 0.00000200. The quantitative estimate of drug-likeness (QED) is 0.835. The molecule has 0 aliphatic carbocycles. The van der Waals surface area contributed by atoms with E-state index in [1.807, 2.05) is 0 Å². The SMILES string of the molecule is COc1cc([C@@H]2NC(=O)OCC2(F)F)cc(Br)c1O.Cl. The highest BCUT2D eigenvalue weighted by molar-refractivity contribution is 9.10. The second-order valence-electron chi connectivity index (χ2n) is 3.97. The zero-order chi connectivity index (χ0) is 14.2. The molecule has 112 valence electrons. The van der Waals surface area contributed by atoms with E-state index in [-0.39, 0.29) is 33.9 Å². The van der Waals surface area contributed by atoms with Gasteiger partial charge in [0.1, 0.15) is 6.04 Å². The lowest BCUT2D eigenvalue weighted by Crippen LogP contribution is -2.49. The van der Waals surface area contributed by atoms with Crippen molar-refractivity contribution in [2.45, 2.75) is 12.0 Å². The Morgan fingerprint density at radius 2 is 2.20 bits per heavy atom. The Kier molecular flexibility index (Phi) is 5.04. The van der Waals surface area contributed by atoms with Gasteiger partial charge in [0, 0.05) is 0 Å². The van der Waals surface area contributed by atoms with Gasteiger partial charge in [-0.05, 0) is 33.6 Å². The van der Waals surface area contributed by atoms with Gasteiger partial charge in [-0.2, -0.15) is 0 Å². The number of phenolic OH excluding ortho intramolecular Hbond substituents is 1. The summed E-state index contributed by atoms with van der Waals surface area (Å²) in [5.41, 5.74) is 0.100. The predicted molar refractivity (Wildman–Crippen MR) is 71.8 cm³/mol. The highest BCUT2D eigenvalue weighted by atomic mass is 79.9. The molecule has 1 atom stereocenters. The number of ether oxygens (including phenoxy) is 2. The zero-order valence-electron chi connectivity index (χ0n) is 10.2. The molecule has 0 unspecified atom stereocenters. The minimum Gasteiger partial charge on any atom is -0.503 e. The number of rotatable bonds is 2. The van der Waals surface area contributed by atoms with Gasteiger partial charge in [0.05, 0.1) is 11.6 Å². The number of aromatic hydroxyl groups is 1.